The molecule has 0 saturated heterocycles. The highest BCUT2D eigenvalue weighted by molar-refractivity contribution is 5.71. The quantitative estimate of drug-likeness (QED) is 0.0539. The largest absolute Gasteiger partial charge is 0.468 e. The average molecular weight is 599 g/mol. The van der Waals surface area contributed by atoms with E-state index in [9.17, 15) is 14.0 Å². The predicted molar refractivity (Wildman–Crippen MR) is 167 cm³/mol. The molecule has 0 spiro atoms. The molecule has 0 aliphatic rings. The van der Waals surface area contributed by atoms with Crippen LogP contribution in [0.4, 0.5) is 15.9 Å². The van der Waals surface area contributed by atoms with Gasteiger partial charge < -0.3 is 25.1 Å². The molecule has 1 rings (SSSR count). The molecule has 0 aliphatic heterocycles. The summed E-state index contributed by atoms with van der Waals surface area (Å²) in [6.45, 7) is 12.7. The van der Waals surface area contributed by atoms with Crippen LogP contribution in [-0.2, 0) is 23.8 Å². The third-order valence-electron chi connectivity index (χ3n) is 5.55. The predicted octanol–water partition coefficient (Wildman–Crippen LogP) is 6.14. The molecule has 1 aromatic heterocycles. The first-order chi connectivity index (χ1) is 20.1. The van der Waals surface area contributed by atoms with Gasteiger partial charge in [0.2, 0.25) is 0 Å². The molecule has 10 nitrogen and oxygen atoms in total. The summed E-state index contributed by atoms with van der Waals surface area (Å²) in [6.07, 6.45) is 16.8. The van der Waals surface area contributed by atoms with Gasteiger partial charge in [0.25, 0.3) is 6.47 Å². The lowest BCUT2D eigenvalue weighted by Gasteiger charge is -2.25. The van der Waals surface area contributed by atoms with E-state index in [-0.39, 0.29) is 18.4 Å². The lowest BCUT2D eigenvalue weighted by Crippen LogP contribution is -2.36. The Morgan fingerprint density at radius 3 is 2.14 bits per heavy atom. The van der Waals surface area contributed by atoms with E-state index in [2.05, 4.69) is 32.5 Å². The average Bonchev–Trinajstić information content (AvgIpc) is 2.96. The van der Waals surface area contributed by atoms with Gasteiger partial charge in [0.05, 0.1) is 12.3 Å². The first-order valence-corrected chi connectivity index (χ1v) is 14.6. The lowest BCUT2D eigenvalue weighted by molar-refractivity contribution is -0.150. The van der Waals surface area contributed by atoms with E-state index in [1.54, 1.807) is 27.2 Å². The van der Waals surface area contributed by atoms with Gasteiger partial charge in [-0.15, -0.1) is 6.42 Å². The summed E-state index contributed by atoms with van der Waals surface area (Å²) in [5.41, 5.74) is 5.64. The summed E-state index contributed by atoms with van der Waals surface area (Å²) in [5, 5.41) is 7.00. The Morgan fingerprint density at radius 2 is 1.71 bits per heavy atom. The number of methoxy groups -OCH3 is 1. The van der Waals surface area contributed by atoms with Crippen LogP contribution in [0.1, 0.15) is 105 Å². The van der Waals surface area contributed by atoms with Crippen molar-refractivity contribution in [3.05, 3.63) is 11.8 Å². The fourth-order valence-corrected chi connectivity index (χ4v) is 3.31. The number of esters is 1. The zero-order valence-electron chi connectivity index (χ0n) is 27.1. The molecule has 0 saturated carbocycles. The number of aromatic nitrogens is 2. The van der Waals surface area contributed by atoms with E-state index in [0.29, 0.717) is 43.2 Å². The number of nitrogens with two attached hydrogens (primary N) is 1. The zero-order valence-corrected chi connectivity index (χ0v) is 27.1. The Balaban J connectivity index is -0.000000618. The van der Waals surface area contributed by atoms with E-state index < -0.39 is 11.7 Å². The number of nitrogen functional groups attached to an aromatic ring is 1. The summed E-state index contributed by atoms with van der Waals surface area (Å²) < 4.78 is 27.4. The van der Waals surface area contributed by atoms with Crippen molar-refractivity contribution < 1.29 is 33.3 Å². The maximum absolute atomic E-state index is 12.7. The molecule has 11 heteroatoms. The minimum absolute atomic E-state index is 0.0758. The van der Waals surface area contributed by atoms with Crippen LogP contribution in [0.5, 0.6) is 0 Å². The fraction of sp³-hybridized carbons (Fsp3) is 0.710. The summed E-state index contributed by atoms with van der Waals surface area (Å²) >= 11 is 0. The number of aliphatic hydroxyl groups excluding tert-OH is 1. The van der Waals surface area contributed by atoms with Crippen LogP contribution in [0.25, 0.3) is 0 Å². The Kier molecular flexibility index (Phi) is 30.3. The molecule has 0 aromatic carbocycles. The SMILES string of the molecule is C#CC(CCC)(COC(=O)CCCCCCCCC)OC.CCOC=O.CO.Cc1nc(F)nc(N)c1N=CC(C)C. The van der Waals surface area contributed by atoms with Crippen molar-refractivity contribution in [3.63, 3.8) is 0 Å². The Bertz CT molecular complexity index is 870. The standard InChI is InChI=1S/C18H32O3.C9H13FN4.C3H6O2.CH4O/c1-5-8-9-10-11-12-13-14-17(19)21-16-18(7-3,20-4)15-6-2;1-5(2)4-12-7-6(3)13-9(10)14-8(7)11;1-2-5-3-4;1-2/h3H,5-6,8-16H2,1-2,4H3;4-5H,1-3H3,(H2,11,13,14);3H,2H2,1H3;2H,1H3. The van der Waals surface area contributed by atoms with E-state index in [4.69, 9.17) is 26.7 Å². The van der Waals surface area contributed by atoms with Gasteiger partial charge in [-0.1, -0.05) is 78.6 Å². The van der Waals surface area contributed by atoms with Gasteiger partial charge >= 0.3 is 12.0 Å². The van der Waals surface area contributed by atoms with Gasteiger partial charge in [-0.25, -0.2) is 4.98 Å². The van der Waals surface area contributed by atoms with Gasteiger partial charge in [0.15, 0.2) is 11.4 Å². The molecule has 1 unspecified atom stereocenters. The molecule has 242 valence electrons. The van der Waals surface area contributed by atoms with Crippen molar-refractivity contribution in [2.75, 3.05) is 33.2 Å². The number of halogens is 1. The van der Waals surface area contributed by atoms with Gasteiger partial charge in [-0.2, -0.15) is 9.37 Å². The number of aliphatic imine (C=N–C) groups is 1. The van der Waals surface area contributed by atoms with Crippen molar-refractivity contribution in [2.45, 2.75) is 111 Å². The smallest absolute Gasteiger partial charge is 0.310 e. The molecule has 0 radical (unpaired) electrons. The molecule has 0 bridgehead atoms. The number of carbonyl (C=O) groups excluding carboxylic acids is 2. The van der Waals surface area contributed by atoms with Crippen LogP contribution in [0.15, 0.2) is 4.99 Å². The minimum atomic E-state index is -0.816. The first-order valence-electron chi connectivity index (χ1n) is 14.6. The second kappa shape index (κ2) is 29.4. The van der Waals surface area contributed by atoms with Crippen molar-refractivity contribution in [2.24, 2.45) is 10.9 Å². The summed E-state index contributed by atoms with van der Waals surface area (Å²) in [7, 11) is 2.57. The van der Waals surface area contributed by atoms with Crippen LogP contribution in [0.2, 0.25) is 0 Å². The highest BCUT2D eigenvalue weighted by Gasteiger charge is 2.28. The molecular formula is C31H55FN4O6. The van der Waals surface area contributed by atoms with Crippen LogP contribution in [0, 0.1) is 31.3 Å². The molecule has 1 atom stereocenters. The summed E-state index contributed by atoms with van der Waals surface area (Å²) in [5.74, 6) is 2.83. The number of hydrogen-bond acceptors (Lipinski definition) is 10. The molecule has 1 heterocycles. The van der Waals surface area contributed by atoms with Gasteiger partial charge in [0.1, 0.15) is 12.3 Å². The number of unbranched alkanes of at least 4 members (excludes halogenated alkanes) is 6. The normalized spacial score (nSPS) is 11.5. The van der Waals surface area contributed by atoms with Crippen molar-refractivity contribution in [1.82, 2.24) is 9.97 Å². The number of carbonyl (C=O) groups is 2. The number of nitrogens with zero attached hydrogens (tertiary/aromatic N) is 3. The highest BCUT2D eigenvalue weighted by Crippen LogP contribution is 2.22. The second-order valence-corrected chi connectivity index (χ2v) is 9.51. The van der Waals surface area contributed by atoms with Crippen molar-refractivity contribution in [1.29, 1.82) is 0 Å². The van der Waals surface area contributed by atoms with E-state index in [1.807, 2.05) is 20.8 Å². The number of anilines is 1. The van der Waals surface area contributed by atoms with Crippen LogP contribution in [-0.4, -0.2) is 66.8 Å². The maximum Gasteiger partial charge on any atom is 0.310 e. The molecule has 0 fully saturated rings. The van der Waals surface area contributed by atoms with Gasteiger partial charge in [0, 0.05) is 26.9 Å². The second-order valence-electron chi connectivity index (χ2n) is 9.51. The minimum Gasteiger partial charge on any atom is -0.468 e. The monoisotopic (exact) mass is 598 g/mol. The van der Waals surface area contributed by atoms with E-state index in [0.717, 1.165) is 26.4 Å². The molecular weight excluding hydrogens is 543 g/mol. The number of rotatable bonds is 17. The number of ether oxygens (including phenoxy) is 3. The van der Waals surface area contributed by atoms with Gasteiger partial charge in [-0.3, -0.25) is 14.6 Å². The molecule has 0 amide bonds. The lowest BCUT2D eigenvalue weighted by atomic mass is 10.00. The van der Waals surface area contributed by atoms with Crippen molar-refractivity contribution in [3.8, 4) is 12.3 Å². The summed E-state index contributed by atoms with van der Waals surface area (Å²) in [6, 6.07) is 0. The van der Waals surface area contributed by atoms with E-state index >= 15 is 0 Å². The maximum atomic E-state index is 12.7. The van der Waals surface area contributed by atoms with Gasteiger partial charge in [-0.05, 0) is 32.6 Å². The summed E-state index contributed by atoms with van der Waals surface area (Å²) in [4.78, 5) is 31.9. The topological polar surface area (TPSA) is 146 Å². The highest BCUT2D eigenvalue weighted by atomic mass is 19.1. The molecule has 3 N–H and O–H groups in total. The van der Waals surface area contributed by atoms with E-state index in [1.165, 1.54) is 32.1 Å². The third-order valence-corrected chi connectivity index (χ3v) is 5.55. The third kappa shape index (κ3) is 23.6. The Labute approximate surface area is 253 Å². The molecule has 0 aliphatic carbocycles. The van der Waals surface area contributed by atoms with Crippen LogP contribution in [0.3, 0.4) is 0 Å². The fourth-order valence-electron chi connectivity index (χ4n) is 3.31. The van der Waals surface area contributed by atoms with Crippen molar-refractivity contribution >= 4 is 30.2 Å². The molecule has 1 aromatic rings. The number of aryl methyl sites for hydroxylation is 1. The number of hydrogen-bond donors (Lipinski definition) is 2. The number of terminal acetylenes is 1. The Hall–Kier alpha value is -3.10. The molecule has 42 heavy (non-hydrogen) atoms. The zero-order chi connectivity index (χ0) is 32.8. The number of aliphatic hydroxyl groups is 1. The first kappa shape index (κ1) is 43.4. The van der Waals surface area contributed by atoms with Crippen LogP contribution < -0.4 is 5.73 Å². The Morgan fingerprint density at radius 1 is 1.12 bits per heavy atom. The van der Waals surface area contributed by atoms with Crippen LogP contribution >= 0.6 is 0 Å².